The molecule has 1 fully saturated rings. The molecule has 1 aliphatic rings. The van der Waals surface area contributed by atoms with Gasteiger partial charge < -0.3 is 30.0 Å². The number of pyridine rings is 1. The number of amides is 3. The minimum Gasteiger partial charge on any atom is -0.484 e. The summed E-state index contributed by atoms with van der Waals surface area (Å²) in [5.41, 5.74) is -1.08. The molecule has 15 nitrogen and oxygen atoms in total. The maximum absolute atomic E-state index is 13.9. The maximum atomic E-state index is 13.9. The molecule has 16 heteroatoms. The number of aromatic nitrogens is 1. The number of imide groups is 1. The first-order valence-corrected chi connectivity index (χ1v) is 19.5. The van der Waals surface area contributed by atoms with Crippen molar-refractivity contribution in [3.8, 4) is 5.75 Å². The number of nitrogens with one attached hydrogen (secondary N) is 2. The monoisotopic (exact) mass is 789 g/mol. The van der Waals surface area contributed by atoms with Crippen LogP contribution in [0.2, 0.25) is 0 Å². The number of hydrogen-bond donors (Lipinski definition) is 3. The molecule has 4 aromatic rings. The number of carboxylic acid groups (broad SMARTS) is 1. The summed E-state index contributed by atoms with van der Waals surface area (Å²) in [7, 11) is -1.78. The lowest BCUT2D eigenvalue weighted by atomic mass is 10.0. The molecular weight excluding hydrogens is 743 g/mol. The molecule has 1 aromatic heterocycles. The summed E-state index contributed by atoms with van der Waals surface area (Å²) < 4.78 is 43.0. The number of hydrazine groups is 1. The molecule has 0 aliphatic heterocycles. The fourth-order valence-corrected chi connectivity index (χ4v) is 7.65. The largest absolute Gasteiger partial charge is 0.484 e. The summed E-state index contributed by atoms with van der Waals surface area (Å²) in [4.78, 5) is 58.6. The van der Waals surface area contributed by atoms with E-state index in [0.717, 1.165) is 10.4 Å². The highest BCUT2D eigenvalue weighted by Gasteiger charge is 2.43. The molecular formula is C40H47N5O10S. The molecule has 0 radical (unpaired) electrons. The molecule has 56 heavy (non-hydrogen) atoms. The van der Waals surface area contributed by atoms with Crippen LogP contribution in [0.3, 0.4) is 0 Å². The van der Waals surface area contributed by atoms with Crippen molar-refractivity contribution in [2.24, 2.45) is 0 Å². The molecule has 0 bridgehead atoms. The van der Waals surface area contributed by atoms with Crippen LogP contribution >= 0.6 is 0 Å². The van der Waals surface area contributed by atoms with Gasteiger partial charge in [0.1, 0.15) is 17.0 Å². The number of carboxylic acids is 1. The fraction of sp³-hybridized carbons (Fsp3) is 0.375. The van der Waals surface area contributed by atoms with E-state index in [-0.39, 0.29) is 28.4 Å². The number of ether oxygens (including phenoxy) is 3. The number of sulfone groups is 1. The Morgan fingerprint density at radius 3 is 2.18 bits per heavy atom. The summed E-state index contributed by atoms with van der Waals surface area (Å²) in [6.45, 7) is 9.40. The van der Waals surface area contributed by atoms with Gasteiger partial charge in [-0.3, -0.25) is 14.8 Å². The van der Waals surface area contributed by atoms with Crippen LogP contribution in [-0.4, -0.2) is 77.7 Å². The molecule has 0 spiro atoms. The van der Waals surface area contributed by atoms with Crippen molar-refractivity contribution in [3.63, 3.8) is 0 Å². The van der Waals surface area contributed by atoms with Gasteiger partial charge >= 0.3 is 18.2 Å². The van der Waals surface area contributed by atoms with Crippen molar-refractivity contribution >= 4 is 56.0 Å². The normalized spacial score (nSPS) is 13.7. The fourth-order valence-electron chi connectivity index (χ4n) is 5.78. The Kier molecular flexibility index (Phi) is 12.2. The third kappa shape index (κ3) is 10.3. The zero-order valence-corrected chi connectivity index (χ0v) is 33.2. The molecule has 3 amide bonds. The lowest BCUT2D eigenvalue weighted by Gasteiger charge is -2.39. The van der Waals surface area contributed by atoms with Gasteiger partial charge in [0.2, 0.25) is 0 Å². The van der Waals surface area contributed by atoms with Gasteiger partial charge in [0.25, 0.3) is 5.91 Å². The van der Waals surface area contributed by atoms with E-state index in [1.54, 1.807) is 91.3 Å². The van der Waals surface area contributed by atoms with E-state index < -0.39 is 63.0 Å². The minimum absolute atomic E-state index is 0.0755. The number of benzene rings is 3. The smallest absolute Gasteiger partial charge is 0.439 e. The van der Waals surface area contributed by atoms with Crippen molar-refractivity contribution in [2.45, 2.75) is 88.3 Å². The summed E-state index contributed by atoms with van der Waals surface area (Å²) in [5, 5.41) is 19.0. The van der Waals surface area contributed by atoms with Crippen LogP contribution < -0.4 is 20.4 Å². The summed E-state index contributed by atoms with van der Waals surface area (Å²) in [6, 6.07) is 15.3. The Morgan fingerprint density at radius 2 is 1.57 bits per heavy atom. The molecule has 0 saturated heterocycles. The van der Waals surface area contributed by atoms with Gasteiger partial charge in [-0.15, -0.1) is 5.01 Å². The first-order valence-electron chi connectivity index (χ1n) is 17.9. The number of carbonyl (C=O) groups excluding carboxylic acids is 3. The number of nitrogens with zero attached hydrogens (tertiary/aromatic N) is 3. The molecule has 1 heterocycles. The van der Waals surface area contributed by atoms with E-state index in [0.29, 0.717) is 34.5 Å². The quantitative estimate of drug-likeness (QED) is 0.122. The van der Waals surface area contributed by atoms with E-state index >= 15 is 0 Å². The van der Waals surface area contributed by atoms with Crippen molar-refractivity contribution < 1.29 is 46.9 Å². The van der Waals surface area contributed by atoms with Gasteiger partial charge in [0, 0.05) is 30.0 Å². The van der Waals surface area contributed by atoms with Crippen molar-refractivity contribution in [3.05, 3.63) is 90.3 Å². The van der Waals surface area contributed by atoms with Gasteiger partial charge in [0.15, 0.2) is 22.5 Å². The SMILES string of the molecule is CNCc1cc(NC(=O)COc2cccc(C(C(=O)O)N(c3ccc4cnccc4c3)N(C(=O)OC(C)(C)C)C(=O)OC(C)(C)C)c2)ccc1S(=O)(=O)C1CC1. The molecule has 1 aliphatic carbocycles. The number of fused-ring (bicyclic) bond motifs is 1. The van der Waals surface area contributed by atoms with Gasteiger partial charge in [0.05, 0.1) is 15.8 Å². The van der Waals surface area contributed by atoms with Gasteiger partial charge in [-0.1, -0.05) is 18.2 Å². The van der Waals surface area contributed by atoms with Crippen molar-refractivity contribution in [1.82, 2.24) is 15.3 Å². The predicted molar refractivity (Wildman–Crippen MR) is 209 cm³/mol. The topological polar surface area (TPSA) is 194 Å². The molecule has 1 atom stereocenters. The first-order chi connectivity index (χ1) is 26.3. The number of aliphatic carboxylic acids is 1. The Labute approximate surface area is 325 Å². The van der Waals surface area contributed by atoms with Crippen LogP contribution in [-0.2, 0) is 35.4 Å². The number of carbonyl (C=O) groups is 4. The van der Waals surface area contributed by atoms with E-state index in [1.165, 1.54) is 36.4 Å². The predicted octanol–water partition coefficient (Wildman–Crippen LogP) is 6.63. The molecule has 1 unspecified atom stereocenters. The highest BCUT2D eigenvalue weighted by Crippen LogP contribution is 2.37. The zero-order chi connectivity index (χ0) is 41.0. The van der Waals surface area contributed by atoms with Gasteiger partial charge in [-0.25, -0.2) is 22.8 Å². The second-order valence-corrected chi connectivity index (χ2v) is 17.5. The summed E-state index contributed by atoms with van der Waals surface area (Å²) in [5.74, 6) is -1.90. The number of rotatable bonds is 13. The molecule has 3 aromatic carbocycles. The van der Waals surface area contributed by atoms with Crippen LogP contribution in [0.1, 0.15) is 71.6 Å². The lowest BCUT2D eigenvalue weighted by Crippen LogP contribution is -2.56. The summed E-state index contributed by atoms with van der Waals surface area (Å²) >= 11 is 0. The van der Waals surface area contributed by atoms with Crippen LogP contribution in [0, 0.1) is 0 Å². The minimum atomic E-state index is -3.47. The first kappa shape index (κ1) is 41.4. The van der Waals surface area contributed by atoms with Gasteiger partial charge in [-0.05, 0) is 126 Å². The number of anilines is 2. The van der Waals surface area contributed by atoms with Gasteiger partial charge in [-0.2, -0.15) is 0 Å². The Hall–Kier alpha value is -5.74. The van der Waals surface area contributed by atoms with Crippen LogP contribution in [0.15, 0.2) is 84.0 Å². The van der Waals surface area contributed by atoms with Crippen molar-refractivity contribution in [1.29, 1.82) is 0 Å². The van der Waals surface area contributed by atoms with E-state index in [2.05, 4.69) is 15.6 Å². The van der Waals surface area contributed by atoms with Crippen LogP contribution in [0.4, 0.5) is 21.0 Å². The second-order valence-electron chi connectivity index (χ2n) is 15.3. The maximum Gasteiger partial charge on any atom is 0.439 e. The van der Waals surface area contributed by atoms with E-state index in [1.807, 2.05) is 0 Å². The standard InChI is InChI=1S/C40H47N5O10S/c1-39(2,3)54-37(49)45(38(50)55-40(4,5)6)44(30-13-11-27-23-42-18-17-25(27)20-30)35(36(47)48)26-9-8-10-31(21-26)53-24-34(46)43-29-12-16-33(28(19-29)22-41-7)56(51,52)32-14-15-32/h8-13,16-21,23,32,35,41H,14-15,22,24H2,1-7H3,(H,43,46)(H,47,48). The molecule has 1 saturated carbocycles. The van der Waals surface area contributed by atoms with E-state index in [4.69, 9.17) is 14.2 Å². The Bertz CT molecular complexity index is 2200. The van der Waals surface area contributed by atoms with E-state index in [9.17, 15) is 32.7 Å². The third-order valence-corrected chi connectivity index (χ3v) is 10.6. The molecule has 3 N–H and O–H groups in total. The Balaban J connectivity index is 1.47. The second kappa shape index (κ2) is 16.5. The third-order valence-electron chi connectivity index (χ3n) is 8.24. The molecule has 298 valence electrons. The average Bonchev–Trinajstić information content (AvgIpc) is 3.96. The lowest BCUT2D eigenvalue weighted by molar-refractivity contribution is -0.139. The van der Waals surface area contributed by atoms with Crippen molar-refractivity contribution in [2.75, 3.05) is 24.0 Å². The zero-order valence-electron chi connectivity index (χ0n) is 32.4. The van der Waals surface area contributed by atoms with Crippen LogP contribution in [0.25, 0.3) is 10.8 Å². The summed E-state index contributed by atoms with van der Waals surface area (Å²) in [6.07, 6.45) is 2.04. The molecule has 5 rings (SSSR count). The number of hydrogen-bond acceptors (Lipinski definition) is 12. The van der Waals surface area contributed by atoms with Crippen LogP contribution in [0.5, 0.6) is 5.75 Å². The average molecular weight is 790 g/mol. The Morgan fingerprint density at radius 1 is 0.893 bits per heavy atom. The highest BCUT2D eigenvalue weighted by atomic mass is 32.2. The highest BCUT2D eigenvalue weighted by molar-refractivity contribution is 7.92.